The zero-order valence-corrected chi connectivity index (χ0v) is 7.19. The summed E-state index contributed by atoms with van der Waals surface area (Å²) in [5.41, 5.74) is 0. The first-order valence-corrected chi connectivity index (χ1v) is 4.49. The fraction of sp³-hybridized carbons (Fsp3) is 0.714. The lowest BCUT2D eigenvalue weighted by molar-refractivity contribution is -0.127. The average molecular weight is 205 g/mol. The van der Waals surface area contributed by atoms with Gasteiger partial charge < -0.3 is 0 Å². The van der Waals surface area contributed by atoms with E-state index in [-0.39, 0.29) is 17.5 Å². The molecule has 1 aliphatic rings. The van der Waals surface area contributed by atoms with Crippen molar-refractivity contribution in [2.45, 2.75) is 19.3 Å². The summed E-state index contributed by atoms with van der Waals surface area (Å²) in [6, 6.07) is 0. The van der Waals surface area contributed by atoms with Crippen molar-refractivity contribution in [2.24, 2.45) is 5.92 Å². The number of ketones is 2. The number of hydrogen-bond acceptors (Lipinski definition) is 2. The van der Waals surface area contributed by atoms with Crippen molar-refractivity contribution in [2.75, 3.05) is 5.33 Å². The van der Waals surface area contributed by atoms with Gasteiger partial charge in [-0.15, -0.1) is 0 Å². The number of carbonyl (C=O) groups is 2. The molecule has 0 saturated heterocycles. The van der Waals surface area contributed by atoms with Gasteiger partial charge in [0.15, 0.2) is 0 Å². The van der Waals surface area contributed by atoms with Crippen molar-refractivity contribution in [1.82, 2.24) is 0 Å². The zero-order valence-electron chi connectivity index (χ0n) is 5.60. The second-order valence-electron chi connectivity index (χ2n) is 2.46. The molecule has 10 heavy (non-hydrogen) atoms. The van der Waals surface area contributed by atoms with Crippen LogP contribution in [0.4, 0.5) is 0 Å². The molecule has 1 rings (SSSR count). The van der Waals surface area contributed by atoms with Crippen LogP contribution in [0.2, 0.25) is 0 Å². The molecule has 0 aromatic heterocycles. The quantitative estimate of drug-likeness (QED) is 0.503. The highest BCUT2D eigenvalue weighted by Crippen LogP contribution is 2.21. The molecular weight excluding hydrogens is 196 g/mol. The van der Waals surface area contributed by atoms with Crippen molar-refractivity contribution >= 4 is 27.5 Å². The van der Waals surface area contributed by atoms with Gasteiger partial charge in [0.25, 0.3) is 0 Å². The summed E-state index contributed by atoms with van der Waals surface area (Å²) >= 11 is 3.21. The Bertz CT molecular complexity index is 149. The number of carbonyl (C=O) groups excluding carboxylic acids is 2. The fourth-order valence-electron chi connectivity index (χ4n) is 1.21. The molecule has 0 aromatic carbocycles. The predicted molar refractivity (Wildman–Crippen MR) is 41.1 cm³/mol. The van der Waals surface area contributed by atoms with Gasteiger partial charge in [-0.25, -0.2) is 0 Å². The van der Waals surface area contributed by atoms with Crippen molar-refractivity contribution < 1.29 is 9.59 Å². The van der Waals surface area contributed by atoms with Crippen molar-refractivity contribution in [3.63, 3.8) is 0 Å². The molecule has 3 heteroatoms. The minimum Gasteiger partial charge on any atom is -0.299 e. The Morgan fingerprint density at radius 2 is 1.80 bits per heavy atom. The van der Waals surface area contributed by atoms with Gasteiger partial charge in [0.2, 0.25) is 0 Å². The SMILES string of the molecule is O=C1CCC(=O)C1CCBr. The van der Waals surface area contributed by atoms with Gasteiger partial charge in [0.05, 0.1) is 5.92 Å². The summed E-state index contributed by atoms with van der Waals surface area (Å²) in [6.45, 7) is 0. The van der Waals surface area contributed by atoms with Crippen molar-refractivity contribution in [3.8, 4) is 0 Å². The summed E-state index contributed by atoms with van der Waals surface area (Å²) in [4.78, 5) is 21.9. The van der Waals surface area contributed by atoms with Crippen molar-refractivity contribution in [3.05, 3.63) is 0 Å². The maximum absolute atomic E-state index is 10.9. The lowest BCUT2D eigenvalue weighted by Gasteiger charge is -2.00. The number of hydrogen-bond donors (Lipinski definition) is 0. The van der Waals surface area contributed by atoms with Gasteiger partial charge in [-0.3, -0.25) is 9.59 Å². The number of Topliss-reactive ketones (excluding diaryl/α,β-unsaturated/α-hetero) is 2. The monoisotopic (exact) mass is 204 g/mol. The summed E-state index contributed by atoms with van der Waals surface area (Å²) in [6.07, 6.45) is 1.62. The molecule has 56 valence electrons. The molecule has 0 heterocycles. The Hall–Kier alpha value is -0.180. The van der Waals surface area contributed by atoms with E-state index in [0.29, 0.717) is 19.3 Å². The molecular formula is C7H9BrO2. The van der Waals surface area contributed by atoms with E-state index in [0.717, 1.165) is 5.33 Å². The highest BCUT2D eigenvalue weighted by Gasteiger charge is 2.31. The highest BCUT2D eigenvalue weighted by atomic mass is 79.9. The van der Waals surface area contributed by atoms with Crippen LogP contribution in [-0.4, -0.2) is 16.9 Å². The second kappa shape index (κ2) is 3.28. The molecule has 1 aliphatic carbocycles. The number of rotatable bonds is 2. The number of alkyl halides is 1. The standard InChI is InChI=1S/C7H9BrO2/c8-4-3-5-6(9)1-2-7(5)10/h5H,1-4H2. The largest absolute Gasteiger partial charge is 0.299 e. The smallest absolute Gasteiger partial charge is 0.143 e. The van der Waals surface area contributed by atoms with E-state index >= 15 is 0 Å². The summed E-state index contributed by atoms with van der Waals surface area (Å²) in [5, 5.41) is 0.745. The van der Waals surface area contributed by atoms with Crippen LogP contribution in [0.5, 0.6) is 0 Å². The summed E-state index contributed by atoms with van der Waals surface area (Å²) in [7, 11) is 0. The molecule has 0 N–H and O–H groups in total. The lowest BCUT2D eigenvalue weighted by atomic mass is 10.0. The normalized spacial score (nSPS) is 20.5. The van der Waals surface area contributed by atoms with Gasteiger partial charge in [0, 0.05) is 18.2 Å². The van der Waals surface area contributed by atoms with Crippen LogP contribution < -0.4 is 0 Å². The van der Waals surface area contributed by atoms with E-state index < -0.39 is 0 Å². The topological polar surface area (TPSA) is 34.1 Å². The summed E-state index contributed by atoms with van der Waals surface area (Å²) < 4.78 is 0. The summed E-state index contributed by atoms with van der Waals surface area (Å²) in [5.74, 6) is -0.0201. The Kier molecular flexibility index (Phi) is 2.60. The second-order valence-corrected chi connectivity index (χ2v) is 3.26. The minimum atomic E-state index is -0.278. The van der Waals surface area contributed by atoms with E-state index in [1.54, 1.807) is 0 Å². The first-order chi connectivity index (χ1) is 4.75. The van der Waals surface area contributed by atoms with Crippen LogP contribution in [0.1, 0.15) is 19.3 Å². The van der Waals surface area contributed by atoms with Gasteiger partial charge in [-0.2, -0.15) is 0 Å². The molecule has 0 aromatic rings. The zero-order chi connectivity index (χ0) is 7.56. The third-order valence-corrected chi connectivity index (χ3v) is 2.25. The van der Waals surface area contributed by atoms with Crippen LogP contribution in [0.25, 0.3) is 0 Å². The molecule has 1 fully saturated rings. The van der Waals surface area contributed by atoms with Crippen LogP contribution in [-0.2, 0) is 9.59 Å². The van der Waals surface area contributed by atoms with Crippen LogP contribution in [0, 0.1) is 5.92 Å². The van der Waals surface area contributed by atoms with Gasteiger partial charge in [-0.1, -0.05) is 15.9 Å². The van der Waals surface area contributed by atoms with Gasteiger partial charge >= 0.3 is 0 Å². The molecule has 0 aliphatic heterocycles. The van der Waals surface area contributed by atoms with E-state index in [1.165, 1.54) is 0 Å². The first-order valence-electron chi connectivity index (χ1n) is 3.37. The molecule has 1 saturated carbocycles. The van der Waals surface area contributed by atoms with Gasteiger partial charge in [0.1, 0.15) is 11.6 Å². The lowest BCUT2D eigenvalue weighted by Crippen LogP contribution is -2.14. The first kappa shape index (κ1) is 7.92. The van der Waals surface area contributed by atoms with E-state index in [2.05, 4.69) is 15.9 Å². The molecule has 0 radical (unpaired) electrons. The van der Waals surface area contributed by atoms with Crippen LogP contribution in [0.3, 0.4) is 0 Å². The Morgan fingerprint density at radius 3 is 2.20 bits per heavy atom. The van der Waals surface area contributed by atoms with E-state index in [9.17, 15) is 9.59 Å². The Labute approximate surface area is 68.1 Å². The molecule has 0 unspecified atom stereocenters. The molecule has 0 spiro atoms. The van der Waals surface area contributed by atoms with E-state index in [1.807, 2.05) is 0 Å². The van der Waals surface area contributed by atoms with Crippen molar-refractivity contribution in [1.29, 1.82) is 0 Å². The maximum atomic E-state index is 10.9. The molecule has 0 atom stereocenters. The fourth-order valence-corrected chi connectivity index (χ4v) is 1.66. The van der Waals surface area contributed by atoms with Crippen LogP contribution in [0.15, 0.2) is 0 Å². The third kappa shape index (κ3) is 1.45. The maximum Gasteiger partial charge on any atom is 0.143 e. The highest BCUT2D eigenvalue weighted by molar-refractivity contribution is 9.09. The molecule has 2 nitrogen and oxygen atoms in total. The van der Waals surface area contributed by atoms with Gasteiger partial charge in [-0.05, 0) is 6.42 Å². The molecule has 0 bridgehead atoms. The average Bonchev–Trinajstić information content (AvgIpc) is 2.20. The Balaban J connectivity index is 2.54. The Morgan fingerprint density at radius 1 is 1.30 bits per heavy atom. The number of halogens is 1. The third-order valence-electron chi connectivity index (χ3n) is 1.79. The van der Waals surface area contributed by atoms with E-state index in [4.69, 9.17) is 0 Å². The molecule has 0 amide bonds. The van der Waals surface area contributed by atoms with Crippen LogP contribution >= 0.6 is 15.9 Å². The predicted octanol–water partition coefficient (Wildman–Crippen LogP) is 1.32. The minimum absolute atomic E-state index is 0.129.